The summed E-state index contributed by atoms with van der Waals surface area (Å²) in [6.07, 6.45) is 5.39. The zero-order chi connectivity index (χ0) is 9.97. The van der Waals surface area contributed by atoms with Crippen LogP contribution in [0.1, 0.15) is 36.9 Å². The van der Waals surface area contributed by atoms with E-state index in [1.54, 1.807) is 0 Å². The molecule has 1 aromatic heterocycles. The number of hydrogen-bond donors (Lipinski definition) is 0. The summed E-state index contributed by atoms with van der Waals surface area (Å²) < 4.78 is 5.80. The van der Waals surface area contributed by atoms with Gasteiger partial charge in [-0.25, -0.2) is 4.98 Å². The van der Waals surface area contributed by atoms with Crippen LogP contribution in [0.4, 0.5) is 0 Å². The molecule has 0 unspecified atom stereocenters. The maximum atomic E-state index is 5.80. The van der Waals surface area contributed by atoms with Gasteiger partial charge in [0.25, 0.3) is 0 Å². The first-order valence-corrected chi connectivity index (χ1v) is 5.36. The molecular weight excluding hydrogens is 174 g/mol. The molecule has 2 rings (SSSR count). The van der Waals surface area contributed by atoms with Gasteiger partial charge in [0.1, 0.15) is 6.10 Å². The second-order valence-electron chi connectivity index (χ2n) is 4.08. The minimum atomic E-state index is 0.407. The molecule has 1 aromatic rings. The molecule has 0 bridgehead atoms. The molecule has 1 fully saturated rings. The molecule has 2 nitrogen and oxygen atoms in total. The topological polar surface area (TPSA) is 22.1 Å². The molecule has 0 radical (unpaired) electrons. The van der Waals surface area contributed by atoms with Crippen molar-refractivity contribution < 1.29 is 4.74 Å². The van der Waals surface area contributed by atoms with Crippen molar-refractivity contribution in [2.45, 2.75) is 45.6 Å². The van der Waals surface area contributed by atoms with Crippen LogP contribution in [0.15, 0.2) is 12.1 Å². The van der Waals surface area contributed by atoms with Crippen LogP contribution in [-0.4, -0.2) is 11.1 Å². The normalized spacial score (nSPS) is 17.3. The van der Waals surface area contributed by atoms with E-state index >= 15 is 0 Å². The highest BCUT2D eigenvalue weighted by atomic mass is 16.5. The smallest absolute Gasteiger partial charge is 0.213 e. The average molecular weight is 191 g/mol. The first-order chi connectivity index (χ1) is 6.75. The molecule has 0 spiro atoms. The van der Waals surface area contributed by atoms with E-state index in [-0.39, 0.29) is 0 Å². The van der Waals surface area contributed by atoms with Gasteiger partial charge >= 0.3 is 0 Å². The Morgan fingerprint density at radius 3 is 2.57 bits per heavy atom. The molecule has 76 valence electrons. The number of nitrogens with zero attached hydrogens (tertiary/aromatic N) is 1. The Hall–Kier alpha value is -1.05. The first-order valence-electron chi connectivity index (χ1n) is 5.36. The fourth-order valence-electron chi connectivity index (χ4n) is 1.85. The Morgan fingerprint density at radius 2 is 1.93 bits per heavy atom. The largest absolute Gasteiger partial charge is 0.474 e. The Kier molecular flexibility index (Phi) is 2.71. The highest BCUT2D eigenvalue weighted by molar-refractivity contribution is 5.23. The van der Waals surface area contributed by atoms with Crippen LogP contribution in [0.3, 0.4) is 0 Å². The maximum absolute atomic E-state index is 5.80. The summed E-state index contributed by atoms with van der Waals surface area (Å²) in [5.41, 5.74) is 2.30. The third-order valence-corrected chi connectivity index (χ3v) is 2.91. The van der Waals surface area contributed by atoms with Crippen LogP contribution in [0.5, 0.6) is 5.88 Å². The molecule has 1 aliphatic rings. The number of pyridine rings is 1. The van der Waals surface area contributed by atoms with Crippen molar-refractivity contribution in [1.82, 2.24) is 4.98 Å². The van der Waals surface area contributed by atoms with Gasteiger partial charge in [0.2, 0.25) is 5.88 Å². The molecule has 1 saturated carbocycles. The molecule has 0 aliphatic heterocycles. The van der Waals surface area contributed by atoms with Crippen LogP contribution in [-0.2, 0) is 0 Å². The molecular formula is C12H17NO. The van der Waals surface area contributed by atoms with Crippen LogP contribution >= 0.6 is 0 Å². The molecule has 0 saturated heterocycles. The second kappa shape index (κ2) is 3.99. The lowest BCUT2D eigenvalue weighted by Crippen LogP contribution is -2.12. The van der Waals surface area contributed by atoms with Crippen LogP contribution in [0.25, 0.3) is 0 Å². The van der Waals surface area contributed by atoms with Gasteiger partial charge in [0.15, 0.2) is 0 Å². The van der Waals surface area contributed by atoms with E-state index in [2.05, 4.69) is 18.0 Å². The molecule has 0 N–H and O–H groups in total. The van der Waals surface area contributed by atoms with Crippen molar-refractivity contribution >= 4 is 0 Å². The SMILES string of the molecule is Cc1ccc(OC2CCCC2)nc1C. The third-order valence-electron chi connectivity index (χ3n) is 2.91. The van der Waals surface area contributed by atoms with Crippen molar-refractivity contribution in [3.8, 4) is 5.88 Å². The van der Waals surface area contributed by atoms with E-state index in [4.69, 9.17) is 4.74 Å². The van der Waals surface area contributed by atoms with Gasteiger partial charge in [-0.2, -0.15) is 0 Å². The van der Waals surface area contributed by atoms with E-state index in [1.165, 1.54) is 31.2 Å². The van der Waals surface area contributed by atoms with E-state index < -0.39 is 0 Å². The summed E-state index contributed by atoms with van der Waals surface area (Å²) in [4.78, 5) is 4.41. The van der Waals surface area contributed by atoms with Crippen LogP contribution < -0.4 is 4.74 Å². The van der Waals surface area contributed by atoms with E-state index in [0.29, 0.717) is 6.10 Å². The fourth-order valence-corrected chi connectivity index (χ4v) is 1.85. The molecule has 1 heterocycles. The maximum Gasteiger partial charge on any atom is 0.213 e. The number of hydrogen-bond acceptors (Lipinski definition) is 2. The summed E-state index contributed by atoms with van der Waals surface area (Å²) >= 11 is 0. The van der Waals surface area contributed by atoms with Crippen LogP contribution in [0.2, 0.25) is 0 Å². The predicted octanol–water partition coefficient (Wildman–Crippen LogP) is 3.02. The Balaban J connectivity index is 2.05. The first kappa shape index (κ1) is 9.50. The summed E-state index contributed by atoms with van der Waals surface area (Å²) in [5, 5.41) is 0. The summed E-state index contributed by atoms with van der Waals surface area (Å²) in [5.74, 6) is 0.792. The van der Waals surface area contributed by atoms with Gasteiger partial charge in [-0.15, -0.1) is 0 Å². The molecule has 14 heavy (non-hydrogen) atoms. The fraction of sp³-hybridized carbons (Fsp3) is 0.583. The lowest BCUT2D eigenvalue weighted by Gasteiger charge is -2.12. The molecule has 0 amide bonds. The number of aromatic nitrogens is 1. The van der Waals surface area contributed by atoms with E-state index in [9.17, 15) is 0 Å². The zero-order valence-electron chi connectivity index (χ0n) is 8.92. The standard InChI is InChI=1S/C12H17NO/c1-9-7-8-12(13-10(9)2)14-11-5-3-4-6-11/h7-8,11H,3-6H2,1-2H3. The van der Waals surface area contributed by atoms with Crippen molar-refractivity contribution in [3.05, 3.63) is 23.4 Å². The third kappa shape index (κ3) is 2.06. The monoisotopic (exact) mass is 191 g/mol. The summed E-state index contributed by atoms with van der Waals surface area (Å²) in [6.45, 7) is 4.10. The minimum absolute atomic E-state index is 0.407. The summed E-state index contributed by atoms with van der Waals surface area (Å²) in [6, 6.07) is 4.05. The summed E-state index contributed by atoms with van der Waals surface area (Å²) in [7, 11) is 0. The van der Waals surface area contributed by atoms with Gasteiger partial charge in [-0.1, -0.05) is 6.07 Å². The van der Waals surface area contributed by atoms with Crippen molar-refractivity contribution in [1.29, 1.82) is 0 Å². The van der Waals surface area contributed by atoms with Crippen molar-refractivity contribution in [2.24, 2.45) is 0 Å². The van der Waals surface area contributed by atoms with Gasteiger partial charge in [0, 0.05) is 11.8 Å². The molecule has 2 heteroatoms. The van der Waals surface area contributed by atoms with Crippen molar-refractivity contribution in [2.75, 3.05) is 0 Å². The van der Waals surface area contributed by atoms with Crippen molar-refractivity contribution in [3.63, 3.8) is 0 Å². The minimum Gasteiger partial charge on any atom is -0.474 e. The predicted molar refractivity (Wildman–Crippen MR) is 56.6 cm³/mol. The van der Waals surface area contributed by atoms with Gasteiger partial charge in [0.05, 0.1) is 0 Å². The zero-order valence-corrected chi connectivity index (χ0v) is 8.92. The second-order valence-corrected chi connectivity index (χ2v) is 4.08. The lowest BCUT2D eigenvalue weighted by molar-refractivity contribution is 0.201. The number of ether oxygens (including phenoxy) is 1. The van der Waals surface area contributed by atoms with Gasteiger partial charge in [-0.3, -0.25) is 0 Å². The average Bonchev–Trinajstić information content (AvgIpc) is 2.64. The Labute approximate surface area is 85.3 Å². The van der Waals surface area contributed by atoms with Gasteiger partial charge < -0.3 is 4.74 Å². The number of rotatable bonds is 2. The quantitative estimate of drug-likeness (QED) is 0.717. The molecule has 0 aromatic carbocycles. The highest BCUT2D eigenvalue weighted by Crippen LogP contribution is 2.23. The van der Waals surface area contributed by atoms with Crippen LogP contribution in [0, 0.1) is 13.8 Å². The number of aryl methyl sites for hydroxylation is 2. The van der Waals surface area contributed by atoms with Gasteiger partial charge in [-0.05, 0) is 45.1 Å². The molecule has 0 atom stereocenters. The lowest BCUT2D eigenvalue weighted by atomic mass is 10.2. The Morgan fingerprint density at radius 1 is 1.21 bits per heavy atom. The highest BCUT2D eigenvalue weighted by Gasteiger charge is 2.16. The molecule has 1 aliphatic carbocycles. The Bertz CT molecular complexity index is 316. The van der Waals surface area contributed by atoms with E-state index in [1.807, 2.05) is 13.0 Å². The van der Waals surface area contributed by atoms with E-state index in [0.717, 1.165) is 11.6 Å².